The van der Waals surface area contributed by atoms with Gasteiger partial charge in [0.2, 0.25) is 0 Å². The Balaban J connectivity index is 1.61. The van der Waals surface area contributed by atoms with Gasteiger partial charge in [-0.1, -0.05) is 29.8 Å². The fourth-order valence-electron chi connectivity index (χ4n) is 3.67. The van der Waals surface area contributed by atoms with Crippen molar-refractivity contribution in [1.29, 1.82) is 0 Å². The summed E-state index contributed by atoms with van der Waals surface area (Å²) in [4.78, 5) is 30.5. The molecule has 1 fully saturated rings. The molecule has 1 aromatic heterocycles. The monoisotopic (exact) mass is 441 g/mol. The van der Waals surface area contributed by atoms with Crippen LogP contribution in [-0.4, -0.2) is 65.0 Å². The Morgan fingerprint density at radius 1 is 0.969 bits per heavy atom. The molecule has 1 aliphatic heterocycles. The number of piperazine rings is 1. The molecule has 0 atom stereocenters. The highest BCUT2D eigenvalue weighted by Crippen LogP contribution is 2.22. The average Bonchev–Trinajstić information content (AvgIpc) is 3.22. The van der Waals surface area contributed by atoms with Crippen LogP contribution in [-0.2, 0) is 17.8 Å². The molecule has 2 aromatic rings. The zero-order chi connectivity index (χ0) is 23.3. The van der Waals surface area contributed by atoms with Crippen LogP contribution in [0.15, 0.2) is 40.8 Å². The van der Waals surface area contributed by atoms with E-state index in [0.717, 1.165) is 12.3 Å². The molecule has 3 rings (SSSR count). The van der Waals surface area contributed by atoms with Crippen molar-refractivity contribution in [2.75, 3.05) is 32.8 Å². The van der Waals surface area contributed by atoms with Crippen molar-refractivity contribution < 1.29 is 18.7 Å². The van der Waals surface area contributed by atoms with E-state index in [1.165, 1.54) is 11.1 Å². The maximum absolute atomic E-state index is 12.9. The molecule has 2 amide bonds. The van der Waals surface area contributed by atoms with Crippen molar-refractivity contribution in [2.24, 2.45) is 0 Å². The third kappa shape index (κ3) is 6.13. The maximum atomic E-state index is 12.9. The number of nitrogens with zero attached hydrogens (tertiary/aromatic N) is 3. The second-order valence-corrected chi connectivity index (χ2v) is 9.26. The van der Waals surface area contributed by atoms with Crippen LogP contribution in [0, 0.1) is 6.92 Å². The SMILES string of the molecule is CCOC(=O)N1CCN(C(=O)c2ccc(CN(Cc3ccc(C)cc3)C(C)(C)C)o2)CC1. The molecule has 0 unspecified atom stereocenters. The van der Waals surface area contributed by atoms with E-state index < -0.39 is 0 Å². The van der Waals surface area contributed by atoms with Crippen LogP contribution in [0.2, 0.25) is 0 Å². The van der Waals surface area contributed by atoms with E-state index in [1.54, 1.807) is 22.8 Å². The average molecular weight is 442 g/mol. The molecule has 2 heterocycles. The fraction of sp³-hybridized carbons (Fsp3) is 0.520. The number of ether oxygens (including phenoxy) is 1. The van der Waals surface area contributed by atoms with E-state index >= 15 is 0 Å². The lowest BCUT2D eigenvalue weighted by Crippen LogP contribution is -2.50. The number of hydrogen-bond donors (Lipinski definition) is 0. The first-order chi connectivity index (χ1) is 15.2. The second kappa shape index (κ2) is 10.2. The summed E-state index contributed by atoms with van der Waals surface area (Å²) in [6.07, 6.45) is -0.323. The molecule has 1 aromatic carbocycles. The summed E-state index contributed by atoms with van der Waals surface area (Å²) < 4.78 is 11.0. The number of carbonyl (C=O) groups is 2. The van der Waals surface area contributed by atoms with E-state index in [9.17, 15) is 9.59 Å². The number of hydrogen-bond acceptors (Lipinski definition) is 5. The zero-order valence-corrected chi connectivity index (χ0v) is 19.9. The standard InChI is InChI=1S/C25H35N3O4/c1-6-31-24(30)27-15-13-26(14-16-27)23(29)22-12-11-21(32-22)18-28(25(3,4)5)17-20-9-7-19(2)8-10-20/h7-12H,6,13-18H2,1-5H3. The number of rotatable bonds is 6. The van der Waals surface area contributed by atoms with Crippen molar-refractivity contribution in [3.63, 3.8) is 0 Å². The molecule has 0 N–H and O–H groups in total. The molecule has 0 bridgehead atoms. The lowest BCUT2D eigenvalue weighted by molar-refractivity contribution is 0.0540. The van der Waals surface area contributed by atoms with Gasteiger partial charge in [0.05, 0.1) is 13.2 Å². The van der Waals surface area contributed by atoms with Gasteiger partial charge in [0.15, 0.2) is 5.76 Å². The number of aryl methyl sites for hydroxylation is 1. The number of furan rings is 1. The summed E-state index contributed by atoms with van der Waals surface area (Å²) in [6, 6.07) is 12.2. The molecule has 32 heavy (non-hydrogen) atoms. The molecule has 1 saturated heterocycles. The van der Waals surface area contributed by atoms with E-state index in [-0.39, 0.29) is 17.5 Å². The molecule has 0 aliphatic carbocycles. The van der Waals surface area contributed by atoms with Crippen molar-refractivity contribution >= 4 is 12.0 Å². The van der Waals surface area contributed by atoms with Gasteiger partial charge < -0.3 is 19.0 Å². The van der Waals surface area contributed by atoms with Crippen LogP contribution >= 0.6 is 0 Å². The van der Waals surface area contributed by atoms with E-state index in [4.69, 9.17) is 9.15 Å². The molecule has 0 saturated carbocycles. The third-order valence-corrected chi connectivity index (χ3v) is 5.75. The quantitative estimate of drug-likeness (QED) is 0.669. The van der Waals surface area contributed by atoms with Crippen molar-refractivity contribution in [3.8, 4) is 0 Å². The highest BCUT2D eigenvalue weighted by Gasteiger charge is 2.28. The number of amides is 2. The van der Waals surface area contributed by atoms with Gasteiger partial charge >= 0.3 is 6.09 Å². The maximum Gasteiger partial charge on any atom is 0.409 e. The van der Waals surface area contributed by atoms with E-state index in [0.29, 0.717) is 45.1 Å². The van der Waals surface area contributed by atoms with Gasteiger partial charge in [0.1, 0.15) is 5.76 Å². The van der Waals surface area contributed by atoms with Gasteiger partial charge in [0.25, 0.3) is 5.91 Å². The second-order valence-electron chi connectivity index (χ2n) is 9.26. The molecule has 174 valence electrons. The Morgan fingerprint density at radius 2 is 1.59 bits per heavy atom. The normalized spacial score (nSPS) is 14.7. The van der Waals surface area contributed by atoms with Gasteiger partial charge in [-0.2, -0.15) is 0 Å². The Labute approximate surface area is 190 Å². The predicted molar refractivity (Wildman–Crippen MR) is 123 cm³/mol. The molecular formula is C25H35N3O4. The fourth-order valence-corrected chi connectivity index (χ4v) is 3.67. The van der Waals surface area contributed by atoms with Crippen LogP contribution in [0.4, 0.5) is 4.79 Å². The summed E-state index contributed by atoms with van der Waals surface area (Å²) in [7, 11) is 0. The molecule has 0 spiro atoms. The van der Waals surface area contributed by atoms with Crippen LogP contribution < -0.4 is 0 Å². The molecule has 7 nitrogen and oxygen atoms in total. The van der Waals surface area contributed by atoms with Gasteiger partial charge in [-0.3, -0.25) is 9.69 Å². The zero-order valence-electron chi connectivity index (χ0n) is 19.9. The minimum absolute atomic E-state index is 0.0642. The van der Waals surface area contributed by atoms with Gasteiger partial charge in [-0.05, 0) is 52.3 Å². The molecule has 0 radical (unpaired) electrons. The van der Waals surface area contributed by atoms with E-state index in [2.05, 4.69) is 56.9 Å². The van der Waals surface area contributed by atoms with Crippen LogP contribution in [0.25, 0.3) is 0 Å². The van der Waals surface area contributed by atoms with Crippen LogP contribution in [0.5, 0.6) is 0 Å². The third-order valence-electron chi connectivity index (χ3n) is 5.75. The highest BCUT2D eigenvalue weighted by atomic mass is 16.6. The highest BCUT2D eigenvalue weighted by molar-refractivity contribution is 5.91. The topological polar surface area (TPSA) is 66.2 Å². The Hall–Kier alpha value is -2.80. The summed E-state index contributed by atoms with van der Waals surface area (Å²) >= 11 is 0. The first-order valence-corrected chi connectivity index (χ1v) is 11.3. The van der Waals surface area contributed by atoms with Crippen LogP contribution in [0.1, 0.15) is 55.1 Å². The number of carbonyl (C=O) groups excluding carboxylic acids is 2. The summed E-state index contributed by atoms with van der Waals surface area (Å²) in [5.41, 5.74) is 2.42. The smallest absolute Gasteiger partial charge is 0.409 e. The Kier molecular flexibility index (Phi) is 7.61. The van der Waals surface area contributed by atoms with Crippen LogP contribution in [0.3, 0.4) is 0 Å². The molecule has 7 heteroatoms. The van der Waals surface area contributed by atoms with E-state index in [1.807, 2.05) is 6.07 Å². The Bertz CT molecular complexity index is 906. The number of benzene rings is 1. The predicted octanol–water partition coefficient (Wildman–Crippen LogP) is 4.30. The largest absolute Gasteiger partial charge is 0.455 e. The molecular weight excluding hydrogens is 406 g/mol. The van der Waals surface area contributed by atoms with Crippen molar-refractivity contribution in [1.82, 2.24) is 14.7 Å². The first-order valence-electron chi connectivity index (χ1n) is 11.3. The van der Waals surface area contributed by atoms with Gasteiger partial charge in [-0.15, -0.1) is 0 Å². The van der Waals surface area contributed by atoms with Gasteiger partial charge in [0, 0.05) is 38.3 Å². The lowest BCUT2D eigenvalue weighted by Gasteiger charge is -2.35. The summed E-state index contributed by atoms with van der Waals surface area (Å²) in [5, 5.41) is 0. The van der Waals surface area contributed by atoms with Crippen molar-refractivity contribution in [3.05, 3.63) is 59.0 Å². The van der Waals surface area contributed by atoms with Gasteiger partial charge in [-0.25, -0.2) is 4.79 Å². The minimum atomic E-state index is -0.323. The molecule has 1 aliphatic rings. The lowest BCUT2D eigenvalue weighted by atomic mass is 10.0. The minimum Gasteiger partial charge on any atom is -0.455 e. The van der Waals surface area contributed by atoms with Crippen molar-refractivity contribution in [2.45, 2.75) is 53.2 Å². The summed E-state index contributed by atoms with van der Waals surface area (Å²) in [5.74, 6) is 0.968. The Morgan fingerprint density at radius 3 is 2.19 bits per heavy atom. The first kappa shape index (κ1) is 23.9. The summed E-state index contributed by atoms with van der Waals surface area (Å²) in [6.45, 7) is 14.0.